The molecule has 1 aliphatic rings. The van der Waals surface area contributed by atoms with Crippen LogP contribution in [0.2, 0.25) is 0 Å². The Labute approximate surface area is 139 Å². The van der Waals surface area contributed by atoms with Gasteiger partial charge in [0.2, 0.25) is 0 Å². The lowest BCUT2D eigenvalue weighted by Gasteiger charge is -2.35. The molecule has 0 aromatic heterocycles. The predicted octanol–water partition coefficient (Wildman–Crippen LogP) is 4.68. The molecule has 3 aromatic carbocycles. The summed E-state index contributed by atoms with van der Waals surface area (Å²) in [5.41, 5.74) is 3.07. The molecule has 0 unspecified atom stereocenters. The Morgan fingerprint density at radius 3 is 1.43 bits per heavy atom. The highest BCUT2D eigenvalue weighted by molar-refractivity contribution is 7.74. The predicted molar refractivity (Wildman–Crippen MR) is 101 cm³/mol. The summed E-state index contributed by atoms with van der Waals surface area (Å²) < 4.78 is 0. The lowest BCUT2D eigenvalue weighted by molar-refractivity contribution is 0.681. The zero-order valence-electron chi connectivity index (χ0n) is 13.4. The minimum atomic E-state index is -0.380. The van der Waals surface area contributed by atoms with Crippen molar-refractivity contribution in [2.24, 2.45) is 0 Å². The molecule has 23 heavy (non-hydrogen) atoms. The highest BCUT2D eigenvalue weighted by atomic mass is 31.1. The molecule has 0 saturated carbocycles. The fourth-order valence-corrected chi connectivity index (χ4v) is 7.01. The Morgan fingerprint density at radius 1 is 0.609 bits per heavy atom. The van der Waals surface area contributed by atoms with Gasteiger partial charge in [0.25, 0.3) is 0 Å². The fourth-order valence-electron chi connectivity index (χ4n) is 3.87. The first kappa shape index (κ1) is 14.7. The number of rotatable bonds is 3. The van der Waals surface area contributed by atoms with Crippen LogP contribution in [0.5, 0.6) is 0 Å². The standard InChI is InChI=1S/C22H21P/c1-22(16-18-10-8-9-11-19(18)17-22)23(20-12-4-2-5-13-20)21-14-6-3-7-15-21/h2-15H,16-17H2,1H3. The summed E-state index contributed by atoms with van der Waals surface area (Å²) in [6.45, 7) is 2.48. The smallest absolute Gasteiger partial charge is 0.00382 e. The number of hydrogen-bond donors (Lipinski definition) is 0. The first-order chi connectivity index (χ1) is 11.3. The van der Waals surface area contributed by atoms with Crippen LogP contribution in [0.25, 0.3) is 0 Å². The van der Waals surface area contributed by atoms with Crippen LogP contribution in [0.1, 0.15) is 18.1 Å². The van der Waals surface area contributed by atoms with E-state index >= 15 is 0 Å². The lowest BCUT2D eigenvalue weighted by Crippen LogP contribution is -2.32. The van der Waals surface area contributed by atoms with Gasteiger partial charge < -0.3 is 0 Å². The SMILES string of the molecule is CC1(P(c2ccccc2)c2ccccc2)Cc2ccccc2C1. The molecule has 0 radical (unpaired) electrons. The topological polar surface area (TPSA) is 0 Å². The molecule has 114 valence electrons. The van der Waals surface area contributed by atoms with Gasteiger partial charge in [0, 0.05) is 5.16 Å². The van der Waals surface area contributed by atoms with Gasteiger partial charge in [-0.15, -0.1) is 0 Å². The summed E-state index contributed by atoms with van der Waals surface area (Å²) in [7, 11) is -0.380. The molecular formula is C22H21P. The fraction of sp³-hybridized carbons (Fsp3) is 0.182. The van der Waals surface area contributed by atoms with E-state index in [2.05, 4.69) is 91.9 Å². The average molecular weight is 316 g/mol. The molecule has 0 aliphatic heterocycles. The third kappa shape index (κ3) is 2.73. The molecule has 3 aromatic rings. The van der Waals surface area contributed by atoms with Crippen molar-refractivity contribution in [2.45, 2.75) is 24.9 Å². The third-order valence-corrected chi connectivity index (χ3v) is 7.85. The van der Waals surface area contributed by atoms with E-state index in [0.717, 1.165) is 0 Å². The molecule has 0 nitrogen and oxygen atoms in total. The average Bonchev–Trinajstić information content (AvgIpc) is 2.93. The van der Waals surface area contributed by atoms with Gasteiger partial charge in [-0.25, -0.2) is 0 Å². The molecule has 0 saturated heterocycles. The molecule has 0 amide bonds. The van der Waals surface area contributed by atoms with E-state index in [1.54, 1.807) is 0 Å². The maximum atomic E-state index is 2.48. The lowest BCUT2D eigenvalue weighted by atomic mass is 10.1. The normalized spacial score (nSPS) is 15.6. The van der Waals surface area contributed by atoms with Crippen LogP contribution in [0, 0.1) is 0 Å². The minimum Gasteiger partial charge on any atom is -0.0622 e. The number of hydrogen-bond acceptors (Lipinski definition) is 0. The van der Waals surface area contributed by atoms with Crippen molar-refractivity contribution in [3.63, 3.8) is 0 Å². The van der Waals surface area contributed by atoms with Crippen LogP contribution >= 0.6 is 7.92 Å². The van der Waals surface area contributed by atoms with Crippen molar-refractivity contribution in [3.8, 4) is 0 Å². The minimum absolute atomic E-state index is 0.293. The van der Waals surface area contributed by atoms with Crippen LogP contribution in [0.15, 0.2) is 84.9 Å². The van der Waals surface area contributed by atoms with Gasteiger partial charge in [0.1, 0.15) is 0 Å². The molecular weight excluding hydrogens is 295 g/mol. The largest absolute Gasteiger partial charge is 0.0622 e. The summed E-state index contributed by atoms with van der Waals surface area (Å²) in [6.07, 6.45) is 2.36. The van der Waals surface area contributed by atoms with Gasteiger partial charge in [-0.3, -0.25) is 0 Å². The Morgan fingerprint density at radius 2 is 1.00 bits per heavy atom. The highest BCUT2D eigenvalue weighted by Gasteiger charge is 2.40. The van der Waals surface area contributed by atoms with Gasteiger partial charge >= 0.3 is 0 Å². The van der Waals surface area contributed by atoms with E-state index in [1.165, 1.54) is 34.6 Å². The Balaban J connectivity index is 1.81. The van der Waals surface area contributed by atoms with Crippen molar-refractivity contribution >= 4 is 18.5 Å². The van der Waals surface area contributed by atoms with Gasteiger partial charge in [0.15, 0.2) is 0 Å². The molecule has 0 spiro atoms. The van der Waals surface area contributed by atoms with E-state index in [1.807, 2.05) is 0 Å². The van der Waals surface area contributed by atoms with E-state index < -0.39 is 0 Å². The summed E-state index contributed by atoms with van der Waals surface area (Å²) >= 11 is 0. The quantitative estimate of drug-likeness (QED) is 0.616. The Kier molecular flexibility index (Phi) is 3.79. The molecule has 4 rings (SSSR count). The zero-order valence-corrected chi connectivity index (χ0v) is 14.3. The van der Waals surface area contributed by atoms with Gasteiger partial charge in [-0.05, 0) is 42.5 Å². The van der Waals surface area contributed by atoms with Gasteiger partial charge in [-0.1, -0.05) is 91.9 Å². The van der Waals surface area contributed by atoms with E-state index in [0.29, 0.717) is 5.16 Å². The monoisotopic (exact) mass is 316 g/mol. The number of fused-ring (bicyclic) bond motifs is 1. The maximum Gasteiger partial charge on any atom is 0.00382 e. The van der Waals surface area contributed by atoms with Gasteiger partial charge in [-0.2, -0.15) is 0 Å². The van der Waals surface area contributed by atoms with Crippen LogP contribution < -0.4 is 10.6 Å². The third-order valence-electron chi connectivity index (χ3n) is 4.83. The van der Waals surface area contributed by atoms with Crippen molar-refractivity contribution in [3.05, 3.63) is 96.1 Å². The second kappa shape index (κ2) is 5.95. The summed E-state index contributed by atoms with van der Waals surface area (Å²) in [4.78, 5) is 0. The van der Waals surface area contributed by atoms with Crippen molar-refractivity contribution in [1.29, 1.82) is 0 Å². The molecule has 1 heteroatoms. The highest BCUT2D eigenvalue weighted by Crippen LogP contribution is 2.54. The second-order valence-corrected chi connectivity index (χ2v) is 9.41. The number of benzene rings is 3. The molecule has 0 heterocycles. The Hall–Kier alpha value is -1.91. The first-order valence-electron chi connectivity index (χ1n) is 8.23. The Bertz CT molecular complexity index is 728. The molecule has 1 aliphatic carbocycles. The first-order valence-corrected chi connectivity index (χ1v) is 9.58. The van der Waals surface area contributed by atoms with Crippen LogP contribution in [-0.4, -0.2) is 5.16 Å². The summed E-state index contributed by atoms with van der Waals surface area (Å²) in [5, 5.41) is 3.27. The summed E-state index contributed by atoms with van der Waals surface area (Å²) in [5.74, 6) is 0. The molecule has 0 atom stereocenters. The molecule has 0 bridgehead atoms. The summed E-state index contributed by atoms with van der Waals surface area (Å²) in [6, 6.07) is 31.2. The van der Waals surface area contributed by atoms with Crippen molar-refractivity contribution < 1.29 is 0 Å². The molecule has 0 fully saturated rings. The molecule has 0 N–H and O–H groups in total. The zero-order chi connectivity index (χ0) is 15.7. The van der Waals surface area contributed by atoms with Crippen molar-refractivity contribution in [2.75, 3.05) is 0 Å². The van der Waals surface area contributed by atoms with E-state index in [9.17, 15) is 0 Å². The second-order valence-electron chi connectivity index (χ2n) is 6.63. The van der Waals surface area contributed by atoms with Gasteiger partial charge in [0.05, 0.1) is 0 Å². The van der Waals surface area contributed by atoms with E-state index in [-0.39, 0.29) is 7.92 Å². The maximum absolute atomic E-state index is 2.48. The van der Waals surface area contributed by atoms with E-state index in [4.69, 9.17) is 0 Å². The van der Waals surface area contributed by atoms with Crippen LogP contribution in [0.4, 0.5) is 0 Å². The van der Waals surface area contributed by atoms with Crippen molar-refractivity contribution in [1.82, 2.24) is 0 Å². The van der Waals surface area contributed by atoms with Crippen LogP contribution in [0.3, 0.4) is 0 Å². The van der Waals surface area contributed by atoms with Crippen LogP contribution in [-0.2, 0) is 12.8 Å².